The number of aliphatic hydroxyl groups excluding tert-OH is 1. The summed E-state index contributed by atoms with van der Waals surface area (Å²) in [6.07, 6.45) is 8.50. The van der Waals surface area contributed by atoms with Gasteiger partial charge in [-0.3, -0.25) is 0 Å². The zero-order valence-corrected chi connectivity index (χ0v) is 15.1. The van der Waals surface area contributed by atoms with Gasteiger partial charge in [-0.25, -0.2) is 0 Å². The van der Waals surface area contributed by atoms with E-state index in [1.54, 1.807) is 6.08 Å². The van der Waals surface area contributed by atoms with Crippen LogP contribution in [0.4, 0.5) is 0 Å². The molecule has 6 atom stereocenters. The van der Waals surface area contributed by atoms with Crippen molar-refractivity contribution >= 4 is 0 Å². The van der Waals surface area contributed by atoms with E-state index >= 15 is 0 Å². The Morgan fingerprint density at radius 3 is 2.36 bits per heavy atom. The largest absolute Gasteiger partial charge is 0.390 e. The van der Waals surface area contributed by atoms with Crippen molar-refractivity contribution in [1.82, 2.24) is 0 Å². The fourth-order valence-electron chi connectivity index (χ4n) is 6.45. The van der Waals surface area contributed by atoms with Gasteiger partial charge in [-0.1, -0.05) is 33.3 Å². The molecule has 1 aliphatic heterocycles. The van der Waals surface area contributed by atoms with E-state index in [0.29, 0.717) is 11.3 Å². The van der Waals surface area contributed by atoms with Gasteiger partial charge in [-0.15, -0.1) is 6.58 Å². The summed E-state index contributed by atoms with van der Waals surface area (Å²) in [4.78, 5) is 0. The van der Waals surface area contributed by atoms with Gasteiger partial charge in [0.25, 0.3) is 0 Å². The first kappa shape index (κ1) is 16.5. The van der Waals surface area contributed by atoms with Crippen LogP contribution in [0.25, 0.3) is 0 Å². The van der Waals surface area contributed by atoms with Crippen LogP contribution in [-0.2, 0) is 4.74 Å². The molecule has 0 radical (unpaired) electrons. The van der Waals surface area contributed by atoms with Gasteiger partial charge in [-0.05, 0) is 68.6 Å². The lowest BCUT2D eigenvalue weighted by Gasteiger charge is -2.65. The minimum Gasteiger partial charge on any atom is -0.390 e. The molecule has 0 spiro atoms. The van der Waals surface area contributed by atoms with Crippen LogP contribution in [0.3, 0.4) is 0 Å². The molecule has 3 fully saturated rings. The monoisotopic (exact) mass is 306 g/mol. The number of hydrogen-bond donors (Lipinski definition) is 1. The van der Waals surface area contributed by atoms with Crippen LogP contribution in [0.5, 0.6) is 0 Å². The van der Waals surface area contributed by atoms with Crippen molar-refractivity contribution < 1.29 is 9.84 Å². The second-order valence-corrected chi connectivity index (χ2v) is 9.55. The molecule has 1 saturated heterocycles. The van der Waals surface area contributed by atoms with Crippen LogP contribution in [0.15, 0.2) is 12.7 Å². The van der Waals surface area contributed by atoms with Crippen molar-refractivity contribution in [2.45, 2.75) is 90.4 Å². The molecule has 3 rings (SSSR count). The molecule has 2 saturated carbocycles. The first-order valence-electron chi connectivity index (χ1n) is 9.09. The quantitative estimate of drug-likeness (QED) is 0.711. The molecule has 3 aliphatic rings. The van der Waals surface area contributed by atoms with Gasteiger partial charge in [0.15, 0.2) is 0 Å². The maximum absolute atomic E-state index is 10.7. The molecule has 0 aromatic rings. The Hall–Kier alpha value is -0.340. The standard InChI is InChI=1S/C20H34O2/c1-7-19(5)16(21)13-15-18(4)11-8-10-17(2,3)14(18)9-12-20(15,6)22-19/h7,14-16,21H,1,8-13H2,2-6H3/t14-,15+,16-,18-,19-,20+/m0/s1. The fourth-order valence-corrected chi connectivity index (χ4v) is 6.45. The molecule has 22 heavy (non-hydrogen) atoms. The summed E-state index contributed by atoms with van der Waals surface area (Å²) in [7, 11) is 0. The highest BCUT2D eigenvalue weighted by Crippen LogP contribution is 2.65. The summed E-state index contributed by atoms with van der Waals surface area (Å²) in [6, 6.07) is 0. The molecule has 2 aliphatic carbocycles. The molecule has 1 heterocycles. The Morgan fingerprint density at radius 2 is 1.73 bits per heavy atom. The number of rotatable bonds is 1. The molecular weight excluding hydrogens is 272 g/mol. The van der Waals surface area contributed by atoms with Crippen LogP contribution in [0.2, 0.25) is 0 Å². The SMILES string of the molecule is C=C[C@]1(C)O[C@]2(C)CC[C@H]3C(C)(C)CCC[C@]3(C)[C@H]2C[C@@H]1O. The van der Waals surface area contributed by atoms with E-state index in [9.17, 15) is 5.11 Å². The second-order valence-electron chi connectivity index (χ2n) is 9.55. The smallest absolute Gasteiger partial charge is 0.110 e. The first-order chi connectivity index (χ1) is 10.1. The van der Waals surface area contributed by atoms with Crippen LogP contribution in [0, 0.1) is 22.7 Å². The highest BCUT2D eigenvalue weighted by atomic mass is 16.5. The van der Waals surface area contributed by atoms with Gasteiger partial charge in [0.1, 0.15) is 5.60 Å². The van der Waals surface area contributed by atoms with Crippen molar-refractivity contribution in [2.24, 2.45) is 22.7 Å². The number of aliphatic hydroxyl groups is 1. The molecule has 1 N–H and O–H groups in total. The van der Waals surface area contributed by atoms with E-state index in [4.69, 9.17) is 4.74 Å². The molecule has 126 valence electrons. The molecule has 2 heteroatoms. The van der Waals surface area contributed by atoms with E-state index in [2.05, 4.69) is 34.3 Å². The Labute approximate surface area is 136 Å². The highest BCUT2D eigenvalue weighted by molar-refractivity contribution is 5.15. The normalized spacial score (nSPS) is 54.2. The molecular formula is C20H34O2. The Morgan fingerprint density at radius 1 is 1.05 bits per heavy atom. The third kappa shape index (κ3) is 2.13. The summed E-state index contributed by atoms with van der Waals surface area (Å²) < 4.78 is 6.54. The molecule has 0 bridgehead atoms. The van der Waals surface area contributed by atoms with Gasteiger partial charge in [-0.2, -0.15) is 0 Å². The van der Waals surface area contributed by atoms with Crippen molar-refractivity contribution in [1.29, 1.82) is 0 Å². The summed E-state index contributed by atoms with van der Waals surface area (Å²) in [5.74, 6) is 1.19. The van der Waals surface area contributed by atoms with Crippen LogP contribution in [-0.4, -0.2) is 22.4 Å². The molecule has 0 aromatic carbocycles. The average molecular weight is 306 g/mol. The third-order valence-corrected chi connectivity index (χ3v) is 7.72. The number of hydrogen-bond acceptors (Lipinski definition) is 2. The van der Waals surface area contributed by atoms with E-state index in [1.807, 2.05) is 6.92 Å². The van der Waals surface area contributed by atoms with E-state index < -0.39 is 11.7 Å². The van der Waals surface area contributed by atoms with Gasteiger partial charge in [0.05, 0.1) is 11.7 Å². The van der Waals surface area contributed by atoms with Crippen molar-refractivity contribution in [2.75, 3.05) is 0 Å². The number of fused-ring (bicyclic) bond motifs is 3. The summed E-state index contributed by atoms with van der Waals surface area (Å²) in [5.41, 5.74) is -0.0177. The van der Waals surface area contributed by atoms with Crippen molar-refractivity contribution in [3.8, 4) is 0 Å². The Balaban J connectivity index is 1.98. The lowest BCUT2D eigenvalue weighted by molar-refractivity contribution is -0.281. The minimum atomic E-state index is -0.599. The van der Waals surface area contributed by atoms with E-state index in [1.165, 1.54) is 25.7 Å². The van der Waals surface area contributed by atoms with E-state index in [-0.39, 0.29) is 11.0 Å². The van der Waals surface area contributed by atoms with Gasteiger partial charge < -0.3 is 9.84 Å². The summed E-state index contributed by atoms with van der Waals surface area (Å²) >= 11 is 0. The Kier molecular flexibility index (Phi) is 3.63. The predicted octanol–water partition coefficient (Wildman–Crippen LogP) is 4.71. The molecule has 0 amide bonds. The second kappa shape index (κ2) is 4.83. The van der Waals surface area contributed by atoms with Gasteiger partial charge in [0, 0.05) is 0 Å². The maximum Gasteiger partial charge on any atom is 0.110 e. The summed E-state index contributed by atoms with van der Waals surface area (Å²) in [6.45, 7) is 15.6. The lowest BCUT2D eigenvalue weighted by Crippen LogP contribution is -2.65. The first-order valence-corrected chi connectivity index (χ1v) is 9.09. The van der Waals surface area contributed by atoms with Crippen LogP contribution in [0.1, 0.15) is 73.1 Å². The van der Waals surface area contributed by atoms with Gasteiger partial charge >= 0.3 is 0 Å². The Bertz CT molecular complexity index is 470. The fraction of sp³-hybridized carbons (Fsp3) is 0.900. The molecule has 2 nitrogen and oxygen atoms in total. The highest BCUT2D eigenvalue weighted by Gasteiger charge is 2.62. The lowest BCUT2D eigenvalue weighted by atomic mass is 9.44. The van der Waals surface area contributed by atoms with Crippen LogP contribution < -0.4 is 0 Å². The molecule has 0 unspecified atom stereocenters. The number of ether oxygens (including phenoxy) is 1. The topological polar surface area (TPSA) is 29.5 Å². The van der Waals surface area contributed by atoms with Crippen LogP contribution >= 0.6 is 0 Å². The average Bonchev–Trinajstić information content (AvgIpc) is 2.40. The predicted molar refractivity (Wildman–Crippen MR) is 90.7 cm³/mol. The van der Waals surface area contributed by atoms with Gasteiger partial charge in [0.2, 0.25) is 0 Å². The van der Waals surface area contributed by atoms with Crippen molar-refractivity contribution in [3.05, 3.63) is 12.7 Å². The third-order valence-electron chi connectivity index (χ3n) is 7.72. The molecule has 0 aromatic heterocycles. The zero-order chi connectivity index (χ0) is 16.4. The maximum atomic E-state index is 10.7. The van der Waals surface area contributed by atoms with E-state index in [0.717, 1.165) is 18.8 Å². The summed E-state index contributed by atoms with van der Waals surface area (Å²) in [5, 5.41) is 10.7. The van der Waals surface area contributed by atoms with Crippen molar-refractivity contribution in [3.63, 3.8) is 0 Å². The minimum absolute atomic E-state index is 0.124. The zero-order valence-electron chi connectivity index (χ0n) is 15.1.